The smallest absolute Gasteiger partial charge is 0.273 e. The number of aromatic amines is 1. The van der Waals surface area contributed by atoms with Crippen LogP contribution in [0.4, 0.5) is 0 Å². The van der Waals surface area contributed by atoms with Crippen LogP contribution >= 0.6 is 0 Å². The predicted molar refractivity (Wildman–Crippen MR) is 112 cm³/mol. The number of aryl methyl sites for hydroxylation is 2. The molecule has 2 aromatic heterocycles. The Bertz CT molecular complexity index is 1220. The van der Waals surface area contributed by atoms with E-state index in [0.29, 0.717) is 29.3 Å². The molecule has 1 aliphatic heterocycles. The number of carbonyl (C=O) groups is 1. The third kappa shape index (κ3) is 2.88. The minimum Gasteiger partial charge on any atom is -0.507 e. The highest BCUT2D eigenvalue weighted by Crippen LogP contribution is 2.45. The first kappa shape index (κ1) is 18.2. The molecule has 0 saturated carbocycles. The molecule has 4 aromatic rings. The zero-order chi connectivity index (χ0) is 20.8. The molecule has 0 fully saturated rings. The Hall–Kier alpha value is -3.80. The monoisotopic (exact) mass is 399 g/mol. The quantitative estimate of drug-likeness (QED) is 0.519. The summed E-state index contributed by atoms with van der Waals surface area (Å²) < 4.78 is 5.51. The van der Waals surface area contributed by atoms with E-state index < -0.39 is 0 Å². The molecule has 2 aromatic carbocycles. The maximum Gasteiger partial charge on any atom is 0.273 e. The number of carbonyl (C=O) groups excluding carboxylic acids is 1. The van der Waals surface area contributed by atoms with Crippen molar-refractivity contribution >= 4 is 5.91 Å². The van der Waals surface area contributed by atoms with E-state index >= 15 is 0 Å². The number of H-pyrrole nitrogens is 1. The molecular weight excluding hydrogens is 378 g/mol. The van der Waals surface area contributed by atoms with Crippen molar-refractivity contribution < 1.29 is 14.3 Å². The van der Waals surface area contributed by atoms with Crippen molar-refractivity contribution in [1.82, 2.24) is 15.1 Å². The maximum atomic E-state index is 13.3. The molecule has 0 bridgehead atoms. The Morgan fingerprint density at radius 3 is 2.60 bits per heavy atom. The number of hydrogen-bond donors (Lipinski definition) is 2. The molecule has 1 atom stereocenters. The number of hydrogen-bond acceptors (Lipinski definition) is 4. The first-order chi connectivity index (χ1) is 14.5. The van der Waals surface area contributed by atoms with Crippen LogP contribution in [0.1, 0.15) is 44.5 Å². The number of aromatic hydroxyl groups is 1. The molecule has 0 radical (unpaired) electrons. The number of nitrogens with one attached hydrogen (secondary N) is 1. The molecule has 1 amide bonds. The van der Waals surface area contributed by atoms with Gasteiger partial charge in [-0.15, -0.1) is 0 Å². The highest BCUT2D eigenvalue weighted by atomic mass is 16.3. The average molecular weight is 399 g/mol. The normalized spacial score (nSPS) is 15.6. The summed E-state index contributed by atoms with van der Waals surface area (Å²) in [7, 11) is 0. The van der Waals surface area contributed by atoms with Crippen molar-refractivity contribution in [3.63, 3.8) is 0 Å². The summed E-state index contributed by atoms with van der Waals surface area (Å²) in [5.74, 6) is 0.700. The lowest BCUT2D eigenvalue weighted by atomic mass is 9.94. The zero-order valence-corrected chi connectivity index (χ0v) is 16.7. The number of nitrogens with zero attached hydrogens (tertiary/aromatic N) is 2. The van der Waals surface area contributed by atoms with Gasteiger partial charge >= 0.3 is 0 Å². The van der Waals surface area contributed by atoms with Crippen molar-refractivity contribution in [3.05, 3.63) is 94.6 Å². The van der Waals surface area contributed by atoms with Gasteiger partial charge in [-0.2, -0.15) is 5.10 Å². The van der Waals surface area contributed by atoms with Crippen molar-refractivity contribution in [2.24, 2.45) is 0 Å². The highest BCUT2D eigenvalue weighted by molar-refractivity contribution is 6.00. The van der Waals surface area contributed by atoms with Gasteiger partial charge in [0, 0.05) is 11.1 Å². The van der Waals surface area contributed by atoms with E-state index in [4.69, 9.17) is 4.42 Å². The lowest BCUT2D eigenvalue weighted by molar-refractivity contribution is 0.0717. The number of furan rings is 1. The lowest BCUT2D eigenvalue weighted by Crippen LogP contribution is -2.29. The molecule has 0 saturated heterocycles. The number of fused-ring (bicyclic) bond motifs is 1. The van der Waals surface area contributed by atoms with Gasteiger partial charge in [0.25, 0.3) is 5.91 Å². The Morgan fingerprint density at radius 1 is 1.10 bits per heavy atom. The van der Waals surface area contributed by atoms with Crippen LogP contribution in [0.5, 0.6) is 5.75 Å². The Morgan fingerprint density at radius 2 is 1.87 bits per heavy atom. The van der Waals surface area contributed by atoms with Gasteiger partial charge in [0.15, 0.2) is 0 Å². The van der Waals surface area contributed by atoms with Gasteiger partial charge in [-0.1, -0.05) is 41.5 Å². The highest BCUT2D eigenvalue weighted by Gasteiger charge is 2.42. The van der Waals surface area contributed by atoms with Crippen molar-refractivity contribution in [3.8, 4) is 17.0 Å². The fraction of sp³-hybridized carbons (Fsp3) is 0.167. The van der Waals surface area contributed by atoms with Crippen LogP contribution in [0.15, 0.2) is 65.3 Å². The van der Waals surface area contributed by atoms with Gasteiger partial charge in [0.2, 0.25) is 0 Å². The van der Waals surface area contributed by atoms with Crippen LogP contribution < -0.4 is 0 Å². The van der Waals surface area contributed by atoms with E-state index in [-0.39, 0.29) is 17.7 Å². The molecule has 6 heteroatoms. The van der Waals surface area contributed by atoms with Gasteiger partial charge in [0.05, 0.1) is 18.8 Å². The van der Waals surface area contributed by atoms with E-state index in [1.807, 2.05) is 62.4 Å². The van der Waals surface area contributed by atoms with Gasteiger partial charge in [-0.3, -0.25) is 9.89 Å². The number of aromatic nitrogens is 2. The number of phenolic OH excluding ortho intramolecular Hbond substituents is 1. The summed E-state index contributed by atoms with van der Waals surface area (Å²) in [6.07, 6.45) is 1.60. The second kappa shape index (κ2) is 6.91. The van der Waals surface area contributed by atoms with Crippen LogP contribution in [0.3, 0.4) is 0 Å². The molecular formula is C24H21N3O3. The molecule has 0 unspecified atom stereocenters. The topological polar surface area (TPSA) is 82.4 Å². The third-order valence-electron chi connectivity index (χ3n) is 5.57. The zero-order valence-electron chi connectivity index (χ0n) is 16.7. The number of rotatable bonds is 4. The second-order valence-corrected chi connectivity index (χ2v) is 7.71. The second-order valence-electron chi connectivity index (χ2n) is 7.71. The average Bonchev–Trinajstić information content (AvgIpc) is 3.45. The number of amides is 1. The summed E-state index contributed by atoms with van der Waals surface area (Å²) in [5.41, 5.74) is 5.55. The molecule has 5 rings (SSSR count). The number of phenols is 1. The summed E-state index contributed by atoms with van der Waals surface area (Å²) in [5, 5.41) is 17.9. The fourth-order valence-corrected chi connectivity index (χ4v) is 4.07. The van der Waals surface area contributed by atoms with Gasteiger partial charge < -0.3 is 14.4 Å². The van der Waals surface area contributed by atoms with Crippen LogP contribution in [0.25, 0.3) is 11.3 Å². The van der Waals surface area contributed by atoms with E-state index in [1.165, 1.54) is 0 Å². The fourth-order valence-electron chi connectivity index (χ4n) is 4.07. The minimum absolute atomic E-state index is 0.134. The van der Waals surface area contributed by atoms with E-state index in [2.05, 4.69) is 10.2 Å². The van der Waals surface area contributed by atoms with E-state index in [0.717, 1.165) is 22.3 Å². The predicted octanol–water partition coefficient (Wildman–Crippen LogP) is 4.74. The first-order valence-corrected chi connectivity index (χ1v) is 9.81. The van der Waals surface area contributed by atoms with Crippen LogP contribution in [0, 0.1) is 13.8 Å². The maximum absolute atomic E-state index is 13.3. The van der Waals surface area contributed by atoms with Crippen LogP contribution in [0.2, 0.25) is 0 Å². The summed E-state index contributed by atoms with van der Waals surface area (Å²) >= 11 is 0. The summed E-state index contributed by atoms with van der Waals surface area (Å²) in [4.78, 5) is 15.1. The van der Waals surface area contributed by atoms with Gasteiger partial charge in [-0.05, 0) is 43.7 Å². The molecule has 30 heavy (non-hydrogen) atoms. The Kier molecular flexibility index (Phi) is 4.20. The molecule has 150 valence electrons. The van der Waals surface area contributed by atoms with Crippen molar-refractivity contribution in [2.45, 2.75) is 26.4 Å². The van der Waals surface area contributed by atoms with Gasteiger partial charge in [0.1, 0.15) is 22.9 Å². The molecule has 3 heterocycles. The molecule has 0 aliphatic carbocycles. The van der Waals surface area contributed by atoms with E-state index in [1.54, 1.807) is 17.2 Å². The molecule has 0 spiro atoms. The Balaban J connectivity index is 1.69. The lowest BCUT2D eigenvalue weighted by Gasteiger charge is -2.25. The van der Waals surface area contributed by atoms with Crippen molar-refractivity contribution in [1.29, 1.82) is 0 Å². The molecule has 1 aliphatic rings. The van der Waals surface area contributed by atoms with E-state index in [9.17, 15) is 9.90 Å². The first-order valence-electron chi connectivity index (χ1n) is 9.81. The van der Waals surface area contributed by atoms with Crippen molar-refractivity contribution in [2.75, 3.05) is 0 Å². The summed E-state index contributed by atoms with van der Waals surface area (Å²) in [6, 6.07) is 16.9. The third-order valence-corrected chi connectivity index (χ3v) is 5.57. The molecule has 6 nitrogen and oxygen atoms in total. The van der Waals surface area contributed by atoms with Gasteiger partial charge in [-0.25, -0.2) is 0 Å². The molecule has 2 N–H and O–H groups in total. The van der Waals surface area contributed by atoms with Crippen LogP contribution in [-0.4, -0.2) is 26.1 Å². The van der Waals surface area contributed by atoms with Crippen LogP contribution in [-0.2, 0) is 6.54 Å². The largest absolute Gasteiger partial charge is 0.507 e. The summed E-state index contributed by atoms with van der Waals surface area (Å²) in [6.45, 7) is 4.33. The number of benzene rings is 2. The standard InChI is InChI=1S/C24H21N3O3/c1-14-5-8-16(9-6-14)23-20-21(18-12-15(2)7-10-19(18)28)25-26-22(20)24(29)27(23)13-17-4-3-11-30-17/h3-12,23,28H,13H2,1-2H3,(H,25,26)/t23-/m0/s1. The Labute approximate surface area is 173 Å². The SMILES string of the molecule is Cc1ccc([C@H]2c3c(-c4cc(C)ccc4O)n[nH]c3C(=O)N2Cc2ccco2)cc1. The minimum atomic E-state index is -0.341.